The molecule has 3 N–H and O–H groups in total. The quantitative estimate of drug-likeness (QED) is 0.157. The lowest BCUT2D eigenvalue weighted by molar-refractivity contribution is 0.0635. The van der Waals surface area contributed by atoms with Gasteiger partial charge in [-0.2, -0.15) is 0 Å². The third kappa shape index (κ3) is 5.84. The summed E-state index contributed by atoms with van der Waals surface area (Å²) in [7, 11) is 0. The van der Waals surface area contributed by atoms with Crippen LogP contribution in [0.25, 0.3) is 32.0 Å². The number of carbonyl (C=O) groups is 3. The Labute approximate surface area is 277 Å². The second-order valence-electron chi connectivity index (χ2n) is 12.3. The monoisotopic (exact) mass is 668 g/mol. The molecule has 2 aromatic heterocycles. The normalized spacial score (nSPS) is 14.5. The zero-order chi connectivity index (χ0) is 33.0. The zero-order valence-electron chi connectivity index (χ0n) is 25.6. The van der Waals surface area contributed by atoms with E-state index in [1.807, 2.05) is 30.3 Å². The highest BCUT2D eigenvalue weighted by Gasteiger charge is 2.35. The van der Waals surface area contributed by atoms with Crippen molar-refractivity contribution in [2.75, 3.05) is 28.0 Å². The molecule has 3 amide bonds. The van der Waals surface area contributed by atoms with Crippen LogP contribution in [-0.4, -0.2) is 46.0 Å². The molecule has 0 bridgehead atoms. The predicted molar refractivity (Wildman–Crippen MR) is 184 cm³/mol. The lowest BCUT2D eigenvalue weighted by Crippen LogP contribution is -2.29. The van der Waals surface area contributed by atoms with E-state index in [1.54, 1.807) is 68.1 Å². The second kappa shape index (κ2) is 11.6. The average molecular weight is 669 g/mol. The summed E-state index contributed by atoms with van der Waals surface area (Å²) in [5.74, 6) is -0.509. The van der Waals surface area contributed by atoms with Gasteiger partial charge in [0.2, 0.25) is 0 Å². The van der Waals surface area contributed by atoms with Crippen LogP contribution in [0.2, 0.25) is 0 Å². The maximum Gasteiger partial charge on any atom is 0.412 e. The number of halogens is 1. The van der Waals surface area contributed by atoms with Crippen LogP contribution >= 0.6 is 22.9 Å². The summed E-state index contributed by atoms with van der Waals surface area (Å²) in [6.07, 6.45) is -0.611. The summed E-state index contributed by atoms with van der Waals surface area (Å²) in [6.45, 7) is 5.71. The van der Waals surface area contributed by atoms with Crippen molar-refractivity contribution in [2.45, 2.75) is 32.3 Å². The van der Waals surface area contributed by atoms with Gasteiger partial charge in [0.25, 0.3) is 11.8 Å². The van der Waals surface area contributed by atoms with Gasteiger partial charge in [-0.15, -0.1) is 22.9 Å². The van der Waals surface area contributed by atoms with E-state index >= 15 is 0 Å². The number of fused-ring (bicyclic) bond motifs is 5. The number of ether oxygens (including phenoxy) is 1. The van der Waals surface area contributed by atoms with Crippen LogP contribution in [-0.2, 0) is 4.74 Å². The fourth-order valence-electron chi connectivity index (χ4n) is 5.81. The van der Waals surface area contributed by atoms with E-state index < -0.39 is 17.6 Å². The largest absolute Gasteiger partial charge is 0.507 e. The van der Waals surface area contributed by atoms with Gasteiger partial charge in [0.15, 0.2) is 5.58 Å². The van der Waals surface area contributed by atoms with Crippen molar-refractivity contribution < 1.29 is 28.6 Å². The van der Waals surface area contributed by atoms with E-state index in [1.165, 1.54) is 11.3 Å². The average Bonchev–Trinajstić information content (AvgIpc) is 3.74. The Morgan fingerprint density at radius 2 is 1.77 bits per heavy atom. The standard InChI is InChI=1S/C35H29ClN4O6S/c1-35(2,3)46-34(44)38-21-8-10-24-27(14-21)45-32(39-24)31(42)37-20-9-11-28-18(12-20)13-29(47-28)33(43)40-17-19(16-36)30-23-7-5-4-6-22(23)26(41)15-25(30)40/h4-15,19,41H,16-17H2,1-3H3,(H,37,42)(H,38,44)/t19-/m1/s1. The Hall–Kier alpha value is -5.13. The first-order valence-corrected chi connectivity index (χ1v) is 16.2. The number of phenols is 1. The van der Waals surface area contributed by atoms with E-state index in [-0.39, 0.29) is 23.5 Å². The van der Waals surface area contributed by atoms with E-state index in [0.29, 0.717) is 45.5 Å². The number of rotatable bonds is 5. The summed E-state index contributed by atoms with van der Waals surface area (Å²) in [5, 5.41) is 18.6. The number of anilines is 3. The van der Waals surface area contributed by atoms with E-state index in [4.69, 9.17) is 20.8 Å². The Bertz CT molecular complexity index is 2240. The molecule has 0 saturated heterocycles. The number of thiophene rings is 1. The van der Waals surface area contributed by atoms with Crippen LogP contribution in [0.3, 0.4) is 0 Å². The van der Waals surface area contributed by atoms with Crippen LogP contribution in [0.1, 0.15) is 52.6 Å². The molecule has 0 spiro atoms. The molecular formula is C35H29ClN4O6S. The highest BCUT2D eigenvalue weighted by atomic mass is 35.5. The number of benzene rings is 4. The van der Waals surface area contributed by atoms with Gasteiger partial charge in [-0.3, -0.25) is 14.9 Å². The molecule has 3 heterocycles. The minimum atomic E-state index is -0.649. The third-order valence-corrected chi connectivity index (χ3v) is 9.27. The van der Waals surface area contributed by atoms with Crippen molar-refractivity contribution in [3.63, 3.8) is 0 Å². The number of nitrogens with one attached hydrogen (secondary N) is 2. The molecule has 0 fully saturated rings. The number of aromatic hydroxyl groups is 1. The summed E-state index contributed by atoms with van der Waals surface area (Å²) >= 11 is 7.71. The number of carbonyl (C=O) groups excluding carboxylic acids is 3. The first kappa shape index (κ1) is 30.5. The minimum absolute atomic E-state index is 0.0722. The SMILES string of the molecule is CC(C)(C)OC(=O)Nc1ccc2nc(C(=O)Nc3ccc4sc(C(=O)N5C[C@@H](CCl)c6c5cc(O)c5ccccc65)cc4c3)oc2c1. The first-order valence-electron chi connectivity index (χ1n) is 14.9. The summed E-state index contributed by atoms with van der Waals surface area (Å²) in [5.41, 5.74) is 2.67. The van der Waals surface area contributed by atoms with Crippen LogP contribution in [0.4, 0.5) is 21.9 Å². The second-order valence-corrected chi connectivity index (χ2v) is 13.7. The van der Waals surface area contributed by atoms with Gasteiger partial charge in [-0.1, -0.05) is 24.3 Å². The Morgan fingerprint density at radius 3 is 2.53 bits per heavy atom. The van der Waals surface area contributed by atoms with Gasteiger partial charge in [0, 0.05) is 51.9 Å². The fraction of sp³-hybridized carbons (Fsp3) is 0.200. The van der Waals surface area contributed by atoms with Gasteiger partial charge in [-0.05, 0) is 73.5 Å². The highest BCUT2D eigenvalue weighted by Crippen LogP contribution is 2.46. The molecule has 47 heavy (non-hydrogen) atoms. The summed E-state index contributed by atoms with van der Waals surface area (Å²) in [4.78, 5) is 45.6. The van der Waals surface area contributed by atoms with Gasteiger partial charge < -0.3 is 24.5 Å². The molecule has 12 heteroatoms. The predicted octanol–water partition coefficient (Wildman–Crippen LogP) is 8.48. The summed E-state index contributed by atoms with van der Waals surface area (Å²) < 4.78 is 11.8. The van der Waals surface area contributed by atoms with Crippen molar-refractivity contribution >= 4 is 89.9 Å². The lowest BCUT2D eigenvalue weighted by Gasteiger charge is -2.19. The van der Waals surface area contributed by atoms with Gasteiger partial charge in [-0.25, -0.2) is 9.78 Å². The van der Waals surface area contributed by atoms with Crippen molar-refractivity contribution in [2.24, 2.45) is 0 Å². The number of phenolic OH excluding ortho intramolecular Hbond substituents is 1. The zero-order valence-corrected chi connectivity index (χ0v) is 27.2. The maximum absolute atomic E-state index is 13.9. The molecule has 6 aromatic rings. The highest BCUT2D eigenvalue weighted by molar-refractivity contribution is 7.21. The van der Waals surface area contributed by atoms with Crippen LogP contribution in [0, 0.1) is 0 Å². The molecule has 0 unspecified atom stereocenters. The van der Waals surface area contributed by atoms with Crippen molar-refractivity contribution in [1.82, 2.24) is 4.98 Å². The number of amides is 3. The van der Waals surface area contributed by atoms with Crippen molar-refractivity contribution in [3.05, 3.63) is 89.1 Å². The molecule has 0 saturated carbocycles. The number of oxazole rings is 1. The number of aromatic nitrogens is 1. The van der Waals surface area contributed by atoms with Gasteiger partial charge in [0.05, 0.1) is 10.6 Å². The van der Waals surface area contributed by atoms with Crippen LogP contribution < -0.4 is 15.5 Å². The smallest absolute Gasteiger partial charge is 0.412 e. The molecular weight excluding hydrogens is 640 g/mol. The number of hydrogen-bond donors (Lipinski definition) is 3. The van der Waals surface area contributed by atoms with Crippen molar-refractivity contribution in [1.29, 1.82) is 0 Å². The number of alkyl halides is 1. The minimum Gasteiger partial charge on any atom is -0.507 e. The molecule has 1 aliphatic heterocycles. The fourth-order valence-corrected chi connectivity index (χ4v) is 7.05. The van der Waals surface area contributed by atoms with E-state index in [2.05, 4.69) is 15.6 Å². The van der Waals surface area contributed by atoms with E-state index in [9.17, 15) is 19.5 Å². The maximum atomic E-state index is 13.9. The molecule has 238 valence electrons. The van der Waals surface area contributed by atoms with E-state index in [0.717, 1.165) is 26.4 Å². The number of hydrogen-bond acceptors (Lipinski definition) is 8. The van der Waals surface area contributed by atoms with Gasteiger partial charge >= 0.3 is 12.0 Å². The molecule has 7 rings (SSSR count). The van der Waals surface area contributed by atoms with Gasteiger partial charge in [0.1, 0.15) is 16.9 Å². The van der Waals surface area contributed by atoms with Crippen molar-refractivity contribution in [3.8, 4) is 5.75 Å². The first-order chi connectivity index (χ1) is 22.5. The molecule has 1 aliphatic rings. The molecule has 10 nitrogen and oxygen atoms in total. The molecule has 0 aliphatic carbocycles. The Morgan fingerprint density at radius 1 is 1.02 bits per heavy atom. The topological polar surface area (TPSA) is 134 Å². The van der Waals surface area contributed by atoms with Crippen LogP contribution in [0.5, 0.6) is 5.75 Å². The summed E-state index contributed by atoms with van der Waals surface area (Å²) in [6, 6.07) is 21.2. The lowest BCUT2D eigenvalue weighted by atomic mass is 9.95. The third-order valence-electron chi connectivity index (χ3n) is 7.79. The molecule has 1 atom stereocenters. The molecule has 0 radical (unpaired) electrons. The number of nitrogens with zero attached hydrogens (tertiary/aromatic N) is 2. The Balaban J connectivity index is 1.10. The molecule has 4 aromatic carbocycles. The van der Waals surface area contributed by atoms with Crippen LogP contribution in [0.15, 0.2) is 77.2 Å². The Kier molecular flexibility index (Phi) is 7.53.